The standard InChI is InChI=1S/C10H14F3O2P/c1-8(16(14)15)9(7-10(11,12)13)5-3-2-4-6-9/h1-7H2/p+1. The van der Waals surface area contributed by atoms with Gasteiger partial charge in [-0.1, -0.05) is 19.3 Å². The van der Waals surface area contributed by atoms with Crippen molar-refractivity contribution in [2.75, 3.05) is 0 Å². The van der Waals surface area contributed by atoms with Crippen LogP contribution in [-0.4, -0.2) is 11.1 Å². The Balaban J connectivity index is 2.92. The third-order valence-electron chi connectivity index (χ3n) is 3.19. The molecule has 0 aliphatic heterocycles. The summed E-state index contributed by atoms with van der Waals surface area (Å²) in [6.07, 6.45) is -2.50. The molecule has 16 heavy (non-hydrogen) atoms. The van der Waals surface area contributed by atoms with Crippen LogP contribution in [0.15, 0.2) is 11.9 Å². The normalized spacial score (nSPS) is 21.6. The monoisotopic (exact) mass is 255 g/mol. The molecule has 1 fully saturated rings. The Morgan fingerprint density at radius 2 is 1.81 bits per heavy atom. The van der Waals surface area contributed by atoms with Crippen molar-refractivity contribution in [1.29, 1.82) is 0 Å². The summed E-state index contributed by atoms with van der Waals surface area (Å²) in [5.41, 5.74) is -1.21. The van der Waals surface area contributed by atoms with Gasteiger partial charge in [0.05, 0.1) is 6.42 Å². The van der Waals surface area contributed by atoms with Crippen molar-refractivity contribution in [3.63, 3.8) is 0 Å². The molecule has 0 saturated heterocycles. The first-order valence-corrected chi connectivity index (χ1v) is 6.40. The maximum atomic E-state index is 12.5. The van der Waals surface area contributed by atoms with E-state index in [0.29, 0.717) is 25.7 Å². The molecule has 1 atom stereocenters. The molecule has 0 heterocycles. The molecule has 2 nitrogen and oxygen atoms in total. The quantitative estimate of drug-likeness (QED) is 0.769. The number of allylic oxidation sites excluding steroid dienone is 1. The molecule has 0 bridgehead atoms. The second-order valence-electron chi connectivity index (χ2n) is 4.35. The molecule has 6 heteroatoms. The number of hydrogen-bond donors (Lipinski definition) is 1. The molecule has 1 saturated carbocycles. The Hall–Kier alpha value is -0.410. The lowest BCUT2D eigenvalue weighted by molar-refractivity contribution is -0.156. The number of halogens is 3. The lowest BCUT2D eigenvalue weighted by Crippen LogP contribution is -2.31. The van der Waals surface area contributed by atoms with Crippen LogP contribution in [0.2, 0.25) is 0 Å². The van der Waals surface area contributed by atoms with E-state index in [1.54, 1.807) is 0 Å². The van der Waals surface area contributed by atoms with E-state index in [4.69, 9.17) is 4.89 Å². The zero-order chi connectivity index (χ0) is 12.4. The number of alkyl halides is 3. The van der Waals surface area contributed by atoms with Crippen molar-refractivity contribution in [1.82, 2.24) is 0 Å². The minimum Gasteiger partial charge on any atom is -0.171 e. The van der Waals surface area contributed by atoms with Crippen LogP contribution in [0.5, 0.6) is 0 Å². The molecule has 1 rings (SSSR count). The fourth-order valence-corrected chi connectivity index (χ4v) is 3.09. The third-order valence-corrected chi connectivity index (χ3v) is 4.13. The van der Waals surface area contributed by atoms with Gasteiger partial charge in [-0.3, -0.25) is 0 Å². The molecule has 92 valence electrons. The maximum absolute atomic E-state index is 12.5. The van der Waals surface area contributed by atoms with Gasteiger partial charge in [0.25, 0.3) is 0 Å². The van der Waals surface area contributed by atoms with Gasteiger partial charge in [0, 0.05) is 5.41 Å². The molecule has 0 aromatic rings. The van der Waals surface area contributed by atoms with Gasteiger partial charge in [0.2, 0.25) is 5.31 Å². The Labute approximate surface area is 93.4 Å². The predicted octanol–water partition coefficient (Wildman–Crippen LogP) is 4.14. The lowest BCUT2D eigenvalue weighted by atomic mass is 9.71. The minimum absolute atomic E-state index is 0.139. The Bertz CT molecular complexity index is 293. The van der Waals surface area contributed by atoms with Crippen LogP contribution in [0.3, 0.4) is 0 Å². The van der Waals surface area contributed by atoms with Crippen molar-refractivity contribution in [2.45, 2.75) is 44.7 Å². The van der Waals surface area contributed by atoms with Gasteiger partial charge < -0.3 is 0 Å². The van der Waals surface area contributed by atoms with Gasteiger partial charge in [0.1, 0.15) is 0 Å². The highest BCUT2D eigenvalue weighted by atomic mass is 31.1. The van der Waals surface area contributed by atoms with E-state index < -0.39 is 26.0 Å². The van der Waals surface area contributed by atoms with Crippen LogP contribution in [0.1, 0.15) is 38.5 Å². The van der Waals surface area contributed by atoms with Gasteiger partial charge in [0.15, 0.2) is 0 Å². The van der Waals surface area contributed by atoms with E-state index >= 15 is 0 Å². The Morgan fingerprint density at radius 3 is 2.19 bits per heavy atom. The van der Waals surface area contributed by atoms with Gasteiger partial charge in [-0.05, 0) is 24.0 Å². The fourth-order valence-electron chi connectivity index (χ4n) is 2.38. The van der Waals surface area contributed by atoms with E-state index in [1.165, 1.54) is 0 Å². The zero-order valence-corrected chi connectivity index (χ0v) is 9.78. The number of hydrogen-bond acceptors (Lipinski definition) is 1. The van der Waals surface area contributed by atoms with Crippen molar-refractivity contribution in [2.24, 2.45) is 5.41 Å². The Kier molecular flexibility index (Phi) is 4.13. The minimum atomic E-state index is -4.31. The fraction of sp³-hybridized carbons (Fsp3) is 0.800. The topological polar surface area (TPSA) is 37.3 Å². The predicted molar refractivity (Wildman–Crippen MR) is 55.2 cm³/mol. The highest BCUT2D eigenvalue weighted by Gasteiger charge is 2.51. The summed E-state index contributed by atoms with van der Waals surface area (Å²) >= 11 is 0. The van der Waals surface area contributed by atoms with E-state index in [-0.39, 0.29) is 5.31 Å². The first kappa shape index (κ1) is 13.7. The van der Waals surface area contributed by atoms with Crippen molar-refractivity contribution in [3.8, 4) is 0 Å². The molecular formula is C10H15F3O2P+. The highest BCUT2D eigenvalue weighted by molar-refractivity contribution is 7.43. The molecule has 0 amide bonds. The average Bonchev–Trinajstić information content (AvgIpc) is 2.15. The first-order chi connectivity index (χ1) is 7.27. The second-order valence-corrected chi connectivity index (χ2v) is 5.44. The molecule has 0 radical (unpaired) electrons. The largest absolute Gasteiger partial charge is 0.541 e. The molecule has 0 spiro atoms. The number of rotatable bonds is 3. The van der Waals surface area contributed by atoms with E-state index in [1.807, 2.05) is 0 Å². The molecule has 0 aromatic carbocycles. The summed E-state index contributed by atoms with van der Waals surface area (Å²) in [5.74, 6) is 0. The molecular weight excluding hydrogens is 240 g/mol. The van der Waals surface area contributed by atoms with Crippen molar-refractivity contribution >= 4 is 8.03 Å². The summed E-state index contributed by atoms with van der Waals surface area (Å²) in [4.78, 5) is 8.98. The van der Waals surface area contributed by atoms with Gasteiger partial charge in [-0.15, -0.1) is 0 Å². The summed E-state index contributed by atoms with van der Waals surface area (Å²) in [7, 11) is -2.73. The molecule has 1 aliphatic carbocycles. The summed E-state index contributed by atoms with van der Waals surface area (Å²) in [5, 5.41) is -0.139. The molecule has 0 aromatic heterocycles. The molecule has 1 N–H and O–H groups in total. The maximum Gasteiger partial charge on any atom is 0.541 e. The van der Waals surface area contributed by atoms with Gasteiger partial charge in [-0.2, -0.15) is 18.1 Å². The van der Waals surface area contributed by atoms with Crippen LogP contribution in [0.4, 0.5) is 13.2 Å². The third kappa shape index (κ3) is 3.29. The van der Waals surface area contributed by atoms with E-state index in [0.717, 1.165) is 6.42 Å². The van der Waals surface area contributed by atoms with Crippen molar-refractivity contribution < 1.29 is 22.6 Å². The average molecular weight is 255 g/mol. The smallest absolute Gasteiger partial charge is 0.171 e. The van der Waals surface area contributed by atoms with Crippen LogP contribution < -0.4 is 0 Å². The summed E-state index contributed by atoms with van der Waals surface area (Å²) in [6, 6.07) is 0. The zero-order valence-electron chi connectivity index (χ0n) is 8.89. The van der Waals surface area contributed by atoms with Crippen LogP contribution in [-0.2, 0) is 4.57 Å². The van der Waals surface area contributed by atoms with Crippen molar-refractivity contribution in [3.05, 3.63) is 11.9 Å². The Morgan fingerprint density at radius 1 is 1.31 bits per heavy atom. The van der Waals surface area contributed by atoms with Crippen LogP contribution >= 0.6 is 8.03 Å². The van der Waals surface area contributed by atoms with E-state index in [2.05, 4.69) is 6.58 Å². The highest BCUT2D eigenvalue weighted by Crippen LogP contribution is 2.54. The summed E-state index contributed by atoms with van der Waals surface area (Å²) in [6.45, 7) is 3.40. The van der Waals surface area contributed by atoms with Gasteiger partial charge in [-0.25, -0.2) is 0 Å². The van der Waals surface area contributed by atoms with Crippen LogP contribution in [0, 0.1) is 5.41 Å². The molecule has 1 aliphatic rings. The molecule has 1 unspecified atom stereocenters. The summed E-state index contributed by atoms with van der Waals surface area (Å²) < 4.78 is 48.4. The first-order valence-electron chi connectivity index (χ1n) is 5.19. The van der Waals surface area contributed by atoms with E-state index in [9.17, 15) is 17.7 Å². The second kappa shape index (κ2) is 4.84. The lowest BCUT2D eigenvalue weighted by Gasteiger charge is -2.34. The van der Waals surface area contributed by atoms with Gasteiger partial charge >= 0.3 is 14.2 Å². The SMILES string of the molecule is C=C([P+](=O)O)C1(CC(F)(F)F)CCCCC1. The van der Waals surface area contributed by atoms with Crippen LogP contribution in [0.25, 0.3) is 0 Å².